The first-order valence-electron chi connectivity index (χ1n) is 4.89. The van der Waals surface area contributed by atoms with Crippen molar-refractivity contribution in [3.63, 3.8) is 0 Å². The van der Waals surface area contributed by atoms with Gasteiger partial charge in [0, 0.05) is 11.4 Å². The number of ketones is 1. The van der Waals surface area contributed by atoms with Crippen molar-refractivity contribution < 1.29 is 9.53 Å². The smallest absolute Gasteiger partial charge is 0.282 e. The van der Waals surface area contributed by atoms with Crippen LogP contribution in [0.5, 0.6) is 0 Å². The monoisotopic (exact) mass is 238 g/mol. The molecule has 0 radical (unpaired) electrons. The number of halogens is 1. The van der Waals surface area contributed by atoms with Crippen molar-refractivity contribution in [2.45, 2.75) is 12.5 Å². The molecule has 1 atom stereocenters. The molecular formula is C11H11ClN2O2. The molecule has 0 spiro atoms. The Morgan fingerprint density at radius 1 is 1.56 bits per heavy atom. The molecule has 1 aliphatic heterocycles. The van der Waals surface area contributed by atoms with Crippen molar-refractivity contribution >= 4 is 23.4 Å². The van der Waals surface area contributed by atoms with Crippen LogP contribution in [0, 0.1) is 0 Å². The van der Waals surface area contributed by atoms with E-state index in [4.69, 9.17) is 22.1 Å². The maximum atomic E-state index is 11.8. The van der Waals surface area contributed by atoms with Gasteiger partial charge >= 0.3 is 0 Å². The Labute approximate surface area is 98.1 Å². The summed E-state index contributed by atoms with van der Waals surface area (Å²) >= 11 is 5.96. The van der Waals surface area contributed by atoms with Gasteiger partial charge in [0.2, 0.25) is 0 Å². The van der Waals surface area contributed by atoms with Gasteiger partial charge < -0.3 is 10.5 Å². The van der Waals surface area contributed by atoms with Gasteiger partial charge in [0.1, 0.15) is 12.6 Å². The van der Waals surface area contributed by atoms with Crippen LogP contribution >= 0.6 is 11.6 Å². The van der Waals surface area contributed by atoms with Gasteiger partial charge in [-0.25, -0.2) is 4.99 Å². The molecule has 0 amide bonds. The average Bonchev–Trinajstić information content (AvgIpc) is 2.68. The van der Waals surface area contributed by atoms with Crippen LogP contribution in [0.3, 0.4) is 0 Å². The van der Waals surface area contributed by atoms with Crippen LogP contribution in [0.2, 0.25) is 5.02 Å². The van der Waals surface area contributed by atoms with E-state index in [2.05, 4.69) is 4.99 Å². The molecule has 1 aliphatic rings. The predicted octanol–water partition coefficient (Wildman–Crippen LogP) is 1.17. The molecule has 1 aromatic carbocycles. The average molecular weight is 239 g/mol. The number of carbonyl (C=O) groups is 1. The Balaban J connectivity index is 2.06. The molecule has 4 nitrogen and oxygen atoms in total. The van der Waals surface area contributed by atoms with Crippen LogP contribution in [0.15, 0.2) is 29.3 Å². The molecule has 2 N–H and O–H groups in total. The van der Waals surface area contributed by atoms with Gasteiger partial charge in [-0.1, -0.05) is 29.8 Å². The Kier molecular flexibility index (Phi) is 3.10. The number of ether oxygens (including phenoxy) is 1. The zero-order valence-corrected chi connectivity index (χ0v) is 9.28. The second kappa shape index (κ2) is 4.53. The van der Waals surface area contributed by atoms with Gasteiger partial charge in [-0.2, -0.15) is 0 Å². The van der Waals surface area contributed by atoms with Gasteiger partial charge in [0.25, 0.3) is 6.02 Å². The molecule has 84 valence electrons. The molecule has 1 heterocycles. The van der Waals surface area contributed by atoms with E-state index >= 15 is 0 Å². The zero-order valence-electron chi connectivity index (χ0n) is 8.52. The number of rotatable bonds is 3. The number of hydrogen-bond acceptors (Lipinski definition) is 4. The summed E-state index contributed by atoms with van der Waals surface area (Å²) in [6, 6.07) is 6.84. The number of hydrogen-bond donors (Lipinski definition) is 1. The summed E-state index contributed by atoms with van der Waals surface area (Å²) in [5.74, 6) is -0.0337. The second-order valence-electron chi connectivity index (χ2n) is 3.53. The van der Waals surface area contributed by atoms with Crippen molar-refractivity contribution in [2.24, 2.45) is 10.7 Å². The first kappa shape index (κ1) is 11.0. The van der Waals surface area contributed by atoms with E-state index in [1.165, 1.54) is 0 Å². The second-order valence-corrected chi connectivity index (χ2v) is 3.94. The van der Waals surface area contributed by atoms with E-state index in [9.17, 15) is 4.79 Å². The van der Waals surface area contributed by atoms with Crippen LogP contribution in [0.1, 0.15) is 5.56 Å². The summed E-state index contributed by atoms with van der Waals surface area (Å²) in [4.78, 5) is 15.7. The highest BCUT2D eigenvalue weighted by atomic mass is 35.5. The molecule has 1 unspecified atom stereocenters. The summed E-state index contributed by atoms with van der Waals surface area (Å²) in [5.41, 5.74) is 6.14. The third-order valence-corrected chi connectivity index (χ3v) is 2.74. The van der Waals surface area contributed by atoms with Crippen LogP contribution in [0.25, 0.3) is 0 Å². The molecule has 0 aliphatic carbocycles. The predicted molar refractivity (Wildman–Crippen MR) is 61.5 cm³/mol. The fraction of sp³-hybridized carbons (Fsp3) is 0.273. The van der Waals surface area contributed by atoms with Crippen LogP contribution in [0.4, 0.5) is 0 Å². The van der Waals surface area contributed by atoms with E-state index in [0.29, 0.717) is 5.02 Å². The lowest BCUT2D eigenvalue weighted by Crippen LogP contribution is -2.22. The Morgan fingerprint density at radius 2 is 2.31 bits per heavy atom. The molecule has 0 saturated carbocycles. The molecule has 0 bridgehead atoms. The van der Waals surface area contributed by atoms with Crippen LogP contribution in [-0.2, 0) is 16.0 Å². The van der Waals surface area contributed by atoms with Gasteiger partial charge in [-0.05, 0) is 11.6 Å². The minimum atomic E-state index is -0.490. The van der Waals surface area contributed by atoms with Crippen LogP contribution in [-0.4, -0.2) is 24.5 Å². The van der Waals surface area contributed by atoms with E-state index in [0.717, 1.165) is 5.56 Å². The lowest BCUT2D eigenvalue weighted by Gasteiger charge is -2.05. The number of Topliss-reactive ketones (excluding diaryl/α,β-unsaturated/α-hetero) is 1. The fourth-order valence-electron chi connectivity index (χ4n) is 1.50. The SMILES string of the molecule is NC1=NC(C(=O)Cc2ccccc2Cl)CO1. The maximum Gasteiger partial charge on any atom is 0.282 e. The molecular weight excluding hydrogens is 228 g/mol. The highest BCUT2D eigenvalue weighted by Crippen LogP contribution is 2.17. The number of nitrogens with zero attached hydrogens (tertiary/aromatic N) is 1. The Hall–Kier alpha value is -1.55. The third kappa shape index (κ3) is 2.33. The highest BCUT2D eigenvalue weighted by molar-refractivity contribution is 6.31. The fourth-order valence-corrected chi connectivity index (χ4v) is 1.71. The van der Waals surface area contributed by atoms with Crippen molar-refractivity contribution in [3.8, 4) is 0 Å². The summed E-state index contributed by atoms with van der Waals surface area (Å²) in [6.07, 6.45) is 0.254. The maximum absolute atomic E-state index is 11.8. The molecule has 0 aromatic heterocycles. The van der Waals surface area contributed by atoms with Gasteiger partial charge in [0.05, 0.1) is 0 Å². The standard InChI is InChI=1S/C11H11ClN2O2/c12-8-4-2-1-3-7(8)5-10(15)9-6-16-11(13)14-9/h1-4,9H,5-6H2,(H2,13,14). The molecule has 5 heteroatoms. The molecule has 1 aromatic rings. The quantitative estimate of drug-likeness (QED) is 0.860. The highest BCUT2D eigenvalue weighted by Gasteiger charge is 2.24. The van der Waals surface area contributed by atoms with Crippen molar-refractivity contribution in [2.75, 3.05) is 6.61 Å². The third-order valence-electron chi connectivity index (χ3n) is 2.37. The topological polar surface area (TPSA) is 64.7 Å². The van der Waals surface area contributed by atoms with Crippen molar-refractivity contribution in [1.29, 1.82) is 0 Å². The number of amidine groups is 1. The lowest BCUT2D eigenvalue weighted by molar-refractivity contribution is -0.119. The summed E-state index contributed by atoms with van der Waals surface area (Å²) in [5, 5.41) is 0.590. The van der Waals surface area contributed by atoms with E-state index in [1.807, 2.05) is 18.2 Å². The largest absolute Gasteiger partial charge is 0.463 e. The van der Waals surface area contributed by atoms with E-state index < -0.39 is 6.04 Å². The number of benzene rings is 1. The minimum absolute atomic E-state index is 0.0337. The van der Waals surface area contributed by atoms with Gasteiger partial charge in [-0.15, -0.1) is 0 Å². The van der Waals surface area contributed by atoms with Crippen molar-refractivity contribution in [1.82, 2.24) is 0 Å². The Morgan fingerprint density at radius 3 is 2.94 bits per heavy atom. The van der Waals surface area contributed by atoms with Crippen molar-refractivity contribution in [3.05, 3.63) is 34.9 Å². The number of aliphatic imine (C=N–C) groups is 1. The number of nitrogens with two attached hydrogens (primary N) is 1. The zero-order chi connectivity index (χ0) is 11.5. The first-order valence-corrected chi connectivity index (χ1v) is 5.27. The summed E-state index contributed by atoms with van der Waals surface area (Å²) in [6.45, 7) is 0.231. The molecule has 16 heavy (non-hydrogen) atoms. The molecule has 2 rings (SSSR count). The minimum Gasteiger partial charge on any atom is -0.463 e. The first-order chi connectivity index (χ1) is 7.66. The Bertz CT molecular complexity index is 445. The van der Waals surface area contributed by atoms with E-state index in [-0.39, 0.29) is 24.8 Å². The number of carbonyl (C=O) groups excluding carboxylic acids is 1. The lowest BCUT2D eigenvalue weighted by atomic mass is 10.0. The molecule has 0 saturated heterocycles. The van der Waals surface area contributed by atoms with Gasteiger partial charge in [0.15, 0.2) is 5.78 Å². The molecule has 0 fully saturated rings. The normalized spacial score (nSPS) is 19.1. The summed E-state index contributed by atoms with van der Waals surface area (Å²) in [7, 11) is 0. The van der Waals surface area contributed by atoms with Crippen LogP contribution < -0.4 is 5.73 Å². The summed E-state index contributed by atoms with van der Waals surface area (Å²) < 4.78 is 4.93. The van der Waals surface area contributed by atoms with Gasteiger partial charge in [-0.3, -0.25) is 4.79 Å². The van der Waals surface area contributed by atoms with E-state index in [1.54, 1.807) is 6.07 Å².